The van der Waals surface area contributed by atoms with Crippen LogP contribution in [0.25, 0.3) is 10.9 Å². The normalized spacial score (nSPS) is 12.5. The molecule has 0 saturated carbocycles. The first-order valence-corrected chi connectivity index (χ1v) is 12.3. The van der Waals surface area contributed by atoms with Gasteiger partial charge in [-0.1, -0.05) is 12.1 Å². The van der Waals surface area contributed by atoms with E-state index >= 15 is 0 Å². The molecule has 0 spiro atoms. The van der Waals surface area contributed by atoms with Crippen LogP contribution in [0.4, 0.5) is 4.39 Å². The second-order valence-electron chi connectivity index (χ2n) is 7.78. The van der Waals surface area contributed by atoms with Gasteiger partial charge in [0.05, 0.1) is 27.9 Å². The van der Waals surface area contributed by atoms with Crippen LogP contribution in [0.1, 0.15) is 34.1 Å². The van der Waals surface area contributed by atoms with Crippen LogP contribution >= 0.6 is 15.9 Å². The molecule has 9 heteroatoms. The Bertz CT molecular complexity index is 1150. The summed E-state index contributed by atoms with van der Waals surface area (Å²) in [5.41, 5.74) is 2.77. The monoisotopic (exact) mass is 524 g/mol. The molecule has 0 bridgehead atoms. The molecule has 0 fully saturated rings. The molecule has 1 aromatic heterocycles. The average molecular weight is 525 g/mol. The minimum atomic E-state index is -1.41. The number of hydrogen-bond acceptors (Lipinski definition) is 5. The number of carbonyl (C=O) groups is 1. The zero-order valence-electron chi connectivity index (χ0n) is 18.4. The smallest absolute Gasteiger partial charge is 0.340 e. The fraction of sp³-hybridized carbons (Fsp3) is 0.348. The number of hydrogen-bond donors (Lipinski definition) is 1. The van der Waals surface area contributed by atoms with Gasteiger partial charge in [-0.05, 0) is 66.3 Å². The number of aromatic hydroxyl groups is 1. The molecule has 0 amide bonds. The molecule has 1 unspecified atom stereocenters. The van der Waals surface area contributed by atoms with E-state index in [1.165, 1.54) is 12.1 Å². The highest BCUT2D eigenvalue weighted by Crippen LogP contribution is 2.40. The van der Waals surface area contributed by atoms with Crippen LogP contribution in [0.5, 0.6) is 5.75 Å². The molecular formula is C23H26BrFN2O4S. The van der Waals surface area contributed by atoms with E-state index in [1.807, 2.05) is 23.6 Å². The first kappa shape index (κ1) is 24.6. The Balaban J connectivity index is 2.15. The zero-order chi connectivity index (χ0) is 23.6. The number of fused-ring (bicyclic) bond motifs is 1. The Hall–Kier alpha value is -2.07. The third kappa shape index (κ3) is 5.11. The SMILES string of the molecule is CCOC(=O)c1c(C[S+]([O-])Cc2cccc(F)c2)n(C)c2cc(Br)c(O)c(CN(C)C)c12. The Morgan fingerprint density at radius 1 is 1.31 bits per heavy atom. The van der Waals surface area contributed by atoms with Gasteiger partial charge in [0.25, 0.3) is 0 Å². The van der Waals surface area contributed by atoms with Crippen molar-refractivity contribution in [3.05, 3.63) is 63.0 Å². The number of halogens is 2. The van der Waals surface area contributed by atoms with Crippen molar-refractivity contribution in [3.63, 3.8) is 0 Å². The number of benzene rings is 2. The lowest BCUT2D eigenvalue weighted by molar-refractivity contribution is 0.0527. The van der Waals surface area contributed by atoms with Crippen molar-refractivity contribution in [2.75, 3.05) is 20.7 Å². The summed E-state index contributed by atoms with van der Waals surface area (Å²) in [6.45, 7) is 2.30. The summed E-state index contributed by atoms with van der Waals surface area (Å²) >= 11 is 2.00. The molecular weight excluding hydrogens is 499 g/mol. The average Bonchev–Trinajstić information content (AvgIpc) is 2.97. The third-order valence-electron chi connectivity index (χ3n) is 5.11. The number of rotatable bonds is 8. The van der Waals surface area contributed by atoms with E-state index in [-0.39, 0.29) is 29.7 Å². The number of aryl methyl sites for hydroxylation is 1. The van der Waals surface area contributed by atoms with Gasteiger partial charge in [-0.3, -0.25) is 0 Å². The maximum atomic E-state index is 13.5. The third-order valence-corrected chi connectivity index (χ3v) is 6.96. The standard InChI is InChI=1S/C23H26BrFN2O4S/c1-5-31-23(29)21-19(13-32(30)12-14-7-6-8-15(25)9-14)27(4)18-10-17(24)22(28)16(20(18)21)11-26(2)3/h6-10,28H,5,11-13H2,1-4H3. The highest BCUT2D eigenvalue weighted by Gasteiger charge is 2.29. The minimum Gasteiger partial charge on any atom is -0.616 e. The van der Waals surface area contributed by atoms with Crippen LogP contribution in [-0.4, -0.2) is 45.8 Å². The number of aromatic nitrogens is 1. The van der Waals surface area contributed by atoms with Crippen LogP contribution in [0.15, 0.2) is 34.8 Å². The molecule has 6 nitrogen and oxygen atoms in total. The summed E-state index contributed by atoms with van der Waals surface area (Å²) in [5.74, 6) is -0.631. The quantitative estimate of drug-likeness (QED) is 0.347. The van der Waals surface area contributed by atoms with Gasteiger partial charge < -0.3 is 23.9 Å². The lowest BCUT2D eigenvalue weighted by Crippen LogP contribution is -2.15. The van der Waals surface area contributed by atoms with Gasteiger partial charge >= 0.3 is 5.97 Å². The molecule has 0 aliphatic heterocycles. The van der Waals surface area contributed by atoms with Gasteiger partial charge in [-0.2, -0.15) is 0 Å². The van der Waals surface area contributed by atoms with E-state index in [9.17, 15) is 18.8 Å². The van der Waals surface area contributed by atoms with Crippen LogP contribution in [0.3, 0.4) is 0 Å². The molecule has 0 saturated heterocycles. The predicted molar refractivity (Wildman–Crippen MR) is 128 cm³/mol. The molecule has 2 aromatic carbocycles. The molecule has 1 atom stereocenters. The summed E-state index contributed by atoms with van der Waals surface area (Å²) in [6, 6.07) is 7.74. The van der Waals surface area contributed by atoms with Gasteiger partial charge in [0.2, 0.25) is 0 Å². The molecule has 32 heavy (non-hydrogen) atoms. The summed E-state index contributed by atoms with van der Waals surface area (Å²) in [5, 5.41) is 11.3. The number of nitrogens with zero attached hydrogens (tertiary/aromatic N) is 2. The fourth-order valence-electron chi connectivity index (χ4n) is 3.76. The van der Waals surface area contributed by atoms with Gasteiger partial charge in [0, 0.05) is 30.1 Å². The highest BCUT2D eigenvalue weighted by molar-refractivity contribution is 9.10. The van der Waals surface area contributed by atoms with Crippen LogP contribution in [0, 0.1) is 5.82 Å². The maximum absolute atomic E-state index is 13.5. The molecule has 1 N–H and O–H groups in total. The number of phenols is 1. The van der Waals surface area contributed by atoms with Gasteiger partial charge in [0.1, 0.15) is 23.1 Å². The van der Waals surface area contributed by atoms with Crippen molar-refractivity contribution in [1.29, 1.82) is 0 Å². The van der Waals surface area contributed by atoms with Crippen molar-refractivity contribution in [2.24, 2.45) is 7.05 Å². The molecule has 0 radical (unpaired) electrons. The van der Waals surface area contributed by atoms with Gasteiger partial charge in [-0.15, -0.1) is 0 Å². The number of phenolic OH excluding ortho intramolecular Hbond substituents is 1. The first-order chi connectivity index (χ1) is 15.1. The molecule has 0 aliphatic carbocycles. The van der Waals surface area contributed by atoms with Crippen LogP contribution in [-0.2, 0) is 41.0 Å². The van der Waals surface area contributed by atoms with Crippen molar-refractivity contribution in [3.8, 4) is 5.75 Å². The second-order valence-corrected chi connectivity index (χ2v) is 10.1. The topological polar surface area (TPSA) is 77.8 Å². The first-order valence-electron chi connectivity index (χ1n) is 10.1. The molecule has 1 heterocycles. The number of carbonyl (C=O) groups excluding carboxylic acids is 1. The van der Waals surface area contributed by atoms with Gasteiger partial charge in [0.15, 0.2) is 0 Å². The number of ether oxygens (including phenoxy) is 1. The van der Waals surface area contributed by atoms with Gasteiger partial charge in [-0.25, -0.2) is 9.18 Å². The van der Waals surface area contributed by atoms with Crippen molar-refractivity contribution >= 4 is 44.0 Å². The maximum Gasteiger partial charge on any atom is 0.340 e. The van der Waals surface area contributed by atoms with Crippen LogP contribution < -0.4 is 0 Å². The Kier molecular flexibility index (Phi) is 7.87. The van der Waals surface area contributed by atoms with E-state index in [4.69, 9.17) is 4.74 Å². The van der Waals surface area contributed by atoms with Crippen LogP contribution in [0.2, 0.25) is 0 Å². The molecule has 172 valence electrons. The lowest BCUT2D eigenvalue weighted by atomic mass is 10.0. The molecule has 3 aromatic rings. The van der Waals surface area contributed by atoms with E-state index in [1.54, 1.807) is 32.2 Å². The van der Waals surface area contributed by atoms with Crippen molar-refractivity contribution < 1.29 is 23.6 Å². The predicted octanol–water partition coefficient (Wildman–Crippen LogP) is 4.47. The van der Waals surface area contributed by atoms with E-state index in [0.717, 1.165) is 0 Å². The second kappa shape index (κ2) is 10.2. The Morgan fingerprint density at radius 3 is 2.66 bits per heavy atom. The highest BCUT2D eigenvalue weighted by atomic mass is 79.9. The largest absolute Gasteiger partial charge is 0.616 e. The summed E-state index contributed by atoms with van der Waals surface area (Å²) in [6.07, 6.45) is 0. The Labute approximate surface area is 198 Å². The minimum absolute atomic E-state index is 0.0507. The Morgan fingerprint density at radius 2 is 2.03 bits per heavy atom. The van der Waals surface area contributed by atoms with E-state index in [2.05, 4.69) is 15.9 Å². The number of esters is 1. The van der Waals surface area contributed by atoms with E-state index < -0.39 is 17.1 Å². The van der Waals surface area contributed by atoms with Crippen molar-refractivity contribution in [1.82, 2.24) is 9.47 Å². The summed E-state index contributed by atoms with van der Waals surface area (Å²) < 4.78 is 34.2. The van der Waals surface area contributed by atoms with E-state index in [0.29, 0.717) is 44.3 Å². The summed E-state index contributed by atoms with van der Waals surface area (Å²) in [4.78, 5) is 14.9. The van der Waals surface area contributed by atoms with Crippen molar-refractivity contribution in [2.45, 2.75) is 25.0 Å². The fourth-order valence-corrected chi connectivity index (χ4v) is 5.51. The lowest BCUT2D eigenvalue weighted by Gasteiger charge is -2.15. The molecule has 3 rings (SSSR count). The molecule has 0 aliphatic rings. The summed E-state index contributed by atoms with van der Waals surface area (Å²) in [7, 11) is 5.53. The zero-order valence-corrected chi connectivity index (χ0v) is 20.8.